The summed E-state index contributed by atoms with van der Waals surface area (Å²) in [5, 5.41) is 4.08. The van der Waals surface area contributed by atoms with Gasteiger partial charge in [0.05, 0.1) is 5.02 Å². The normalized spacial score (nSPS) is 25.5. The summed E-state index contributed by atoms with van der Waals surface area (Å²) in [7, 11) is -0.610. The van der Waals surface area contributed by atoms with Crippen molar-refractivity contribution in [1.29, 1.82) is 0 Å². The highest BCUT2D eigenvalue weighted by molar-refractivity contribution is 7.85. The highest BCUT2D eigenvalue weighted by atomic mass is 35.5. The topological polar surface area (TPSA) is 47.6 Å². The second kappa shape index (κ2) is 5.69. The maximum Gasteiger partial charge on any atom is 0.231 e. The minimum absolute atomic E-state index is 0.236. The van der Waals surface area contributed by atoms with Gasteiger partial charge in [0, 0.05) is 34.9 Å². The molecule has 0 saturated carbocycles. The fraction of sp³-hybridized carbons (Fsp3) is 0.538. The van der Waals surface area contributed by atoms with Crippen LogP contribution >= 0.6 is 11.6 Å². The zero-order valence-corrected chi connectivity index (χ0v) is 12.1. The lowest BCUT2D eigenvalue weighted by Gasteiger charge is -2.22. The van der Waals surface area contributed by atoms with Crippen molar-refractivity contribution < 1.29 is 13.7 Å². The summed E-state index contributed by atoms with van der Waals surface area (Å²) in [5.41, 5.74) is 1.08. The highest BCUT2D eigenvalue weighted by Gasteiger charge is 2.20. The van der Waals surface area contributed by atoms with E-state index in [0.717, 1.165) is 36.5 Å². The molecule has 1 aromatic carbocycles. The number of benzene rings is 1. The molecule has 104 valence electrons. The Labute approximate surface area is 119 Å². The van der Waals surface area contributed by atoms with E-state index in [1.54, 1.807) is 0 Å². The summed E-state index contributed by atoms with van der Waals surface area (Å²) in [6, 6.07) is 4.31. The Morgan fingerprint density at radius 1 is 1.32 bits per heavy atom. The lowest BCUT2D eigenvalue weighted by Crippen LogP contribution is -2.35. The monoisotopic (exact) mass is 301 g/mol. The number of halogens is 1. The van der Waals surface area contributed by atoms with Gasteiger partial charge in [-0.15, -0.1) is 0 Å². The SMILES string of the molecule is O=S1CCC(NCc2cc(Cl)c3c(c2)OCO3)CC1. The molecule has 0 amide bonds. The summed E-state index contributed by atoms with van der Waals surface area (Å²) < 4.78 is 21.9. The van der Waals surface area contributed by atoms with Gasteiger partial charge >= 0.3 is 0 Å². The van der Waals surface area contributed by atoms with E-state index in [2.05, 4.69) is 5.32 Å². The molecule has 1 N–H and O–H groups in total. The average molecular weight is 302 g/mol. The van der Waals surface area contributed by atoms with Gasteiger partial charge in [-0.1, -0.05) is 11.6 Å². The Hall–Kier alpha value is -0.780. The smallest absolute Gasteiger partial charge is 0.231 e. The number of nitrogens with one attached hydrogen (secondary N) is 1. The molecule has 1 aromatic rings. The van der Waals surface area contributed by atoms with Crippen molar-refractivity contribution in [2.75, 3.05) is 18.3 Å². The quantitative estimate of drug-likeness (QED) is 0.928. The molecule has 0 aromatic heterocycles. The van der Waals surface area contributed by atoms with Crippen LogP contribution in [0.25, 0.3) is 0 Å². The van der Waals surface area contributed by atoms with Gasteiger partial charge in [0.25, 0.3) is 0 Å². The van der Waals surface area contributed by atoms with Crippen molar-refractivity contribution >= 4 is 22.4 Å². The molecule has 2 heterocycles. The van der Waals surface area contributed by atoms with Gasteiger partial charge in [-0.3, -0.25) is 4.21 Å². The van der Waals surface area contributed by atoms with Crippen molar-refractivity contribution in [2.24, 2.45) is 0 Å². The van der Waals surface area contributed by atoms with Crippen molar-refractivity contribution in [1.82, 2.24) is 5.32 Å². The van der Waals surface area contributed by atoms with E-state index in [1.165, 1.54) is 0 Å². The fourth-order valence-corrected chi connectivity index (χ4v) is 3.97. The predicted octanol–water partition coefficient (Wildman–Crippen LogP) is 2.07. The maximum absolute atomic E-state index is 11.3. The Kier molecular flexibility index (Phi) is 3.96. The molecule has 0 atom stereocenters. The van der Waals surface area contributed by atoms with Crippen LogP contribution < -0.4 is 14.8 Å². The Morgan fingerprint density at radius 3 is 2.89 bits per heavy atom. The van der Waals surface area contributed by atoms with Crippen molar-refractivity contribution in [2.45, 2.75) is 25.4 Å². The first-order chi connectivity index (χ1) is 9.22. The van der Waals surface area contributed by atoms with Gasteiger partial charge in [0.1, 0.15) is 0 Å². The molecule has 2 aliphatic heterocycles. The first-order valence-corrected chi connectivity index (χ1v) is 8.25. The van der Waals surface area contributed by atoms with Gasteiger partial charge in [0.2, 0.25) is 6.79 Å². The minimum Gasteiger partial charge on any atom is -0.454 e. The van der Waals surface area contributed by atoms with Gasteiger partial charge < -0.3 is 14.8 Å². The van der Waals surface area contributed by atoms with E-state index >= 15 is 0 Å². The molecular formula is C13H16ClNO3S. The number of hydrogen-bond donors (Lipinski definition) is 1. The Balaban J connectivity index is 1.61. The van der Waals surface area contributed by atoms with Crippen LogP contribution in [0.15, 0.2) is 12.1 Å². The molecule has 4 nitrogen and oxygen atoms in total. The van der Waals surface area contributed by atoms with Crippen molar-refractivity contribution in [3.8, 4) is 11.5 Å². The second-order valence-corrected chi connectivity index (χ2v) is 6.92. The van der Waals surface area contributed by atoms with Crippen LogP contribution in [0.5, 0.6) is 11.5 Å². The molecule has 19 heavy (non-hydrogen) atoms. The van der Waals surface area contributed by atoms with Crippen LogP contribution in [0.3, 0.4) is 0 Å². The van der Waals surface area contributed by atoms with Gasteiger partial charge in [0.15, 0.2) is 11.5 Å². The molecule has 0 unspecified atom stereocenters. The first-order valence-electron chi connectivity index (χ1n) is 6.39. The lowest BCUT2D eigenvalue weighted by molar-refractivity contribution is 0.174. The Morgan fingerprint density at radius 2 is 2.11 bits per heavy atom. The van der Waals surface area contributed by atoms with E-state index < -0.39 is 10.8 Å². The molecule has 1 fully saturated rings. The van der Waals surface area contributed by atoms with Crippen LogP contribution in [-0.2, 0) is 17.3 Å². The molecular weight excluding hydrogens is 286 g/mol. The largest absolute Gasteiger partial charge is 0.454 e. The van der Waals surface area contributed by atoms with Gasteiger partial charge in [-0.05, 0) is 30.5 Å². The molecule has 0 aliphatic carbocycles. The third kappa shape index (κ3) is 3.04. The molecule has 6 heteroatoms. The number of fused-ring (bicyclic) bond motifs is 1. The van der Waals surface area contributed by atoms with Gasteiger partial charge in [-0.25, -0.2) is 0 Å². The van der Waals surface area contributed by atoms with Crippen LogP contribution in [0.1, 0.15) is 18.4 Å². The van der Waals surface area contributed by atoms with E-state index in [0.29, 0.717) is 22.6 Å². The van der Waals surface area contributed by atoms with E-state index in [1.807, 2.05) is 12.1 Å². The summed E-state index contributed by atoms with van der Waals surface area (Å²) in [6.45, 7) is 0.980. The molecule has 0 radical (unpaired) electrons. The highest BCUT2D eigenvalue weighted by Crippen LogP contribution is 2.39. The van der Waals surface area contributed by atoms with Crippen LogP contribution in [0.4, 0.5) is 0 Å². The molecule has 0 spiro atoms. The number of ether oxygens (including phenoxy) is 2. The predicted molar refractivity (Wildman–Crippen MR) is 75.3 cm³/mol. The first kappa shape index (κ1) is 13.2. The average Bonchev–Trinajstić information content (AvgIpc) is 2.87. The Bertz CT molecular complexity index is 499. The van der Waals surface area contributed by atoms with E-state index in [9.17, 15) is 4.21 Å². The maximum atomic E-state index is 11.3. The lowest BCUT2D eigenvalue weighted by atomic mass is 10.1. The molecule has 1 saturated heterocycles. The molecule has 3 rings (SSSR count). The van der Waals surface area contributed by atoms with Crippen LogP contribution in [0.2, 0.25) is 5.02 Å². The summed E-state index contributed by atoms with van der Waals surface area (Å²) in [5.74, 6) is 2.96. The van der Waals surface area contributed by atoms with E-state index in [-0.39, 0.29) is 6.79 Å². The zero-order valence-electron chi connectivity index (χ0n) is 10.5. The van der Waals surface area contributed by atoms with Crippen LogP contribution in [0, 0.1) is 0 Å². The van der Waals surface area contributed by atoms with Crippen molar-refractivity contribution in [3.05, 3.63) is 22.7 Å². The zero-order chi connectivity index (χ0) is 13.2. The minimum atomic E-state index is -0.610. The van der Waals surface area contributed by atoms with E-state index in [4.69, 9.17) is 21.1 Å². The number of rotatable bonds is 3. The summed E-state index contributed by atoms with van der Waals surface area (Å²) in [6.07, 6.45) is 1.95. The third-order valence-corrected chi connectivity index (χ3v) is 5.13. The van der Waals surface area contributed by atoms with Crippen LogP contribution in [-0.4, -0.2) is 28.5 Å². The third-order valence-electron chi connectivity index (χ3n) is 3.47. The fourth-order valence-electron chi connectivity index (χ4n) is 2.38. The van der Waals surface area contributed by atoms with Crippen molar-refractivity contribution in [3.63, 3.8) is 0 Å². The summed E-state index contributed by atoms with van der Waals surface area (Å²) in [4.78, 5) is 0. The second-order valence-electron chi connectivity index (χ2n) is 4.81. The summed E-state index contributed by atoms with van der Waals surface area (Å²) >= 11 is 6.14. The number of hydrogen-bond acceptors (Lipinski definition) is 4. The molecule has 0 bridgehead atoms. The standard InChI is InChI=1S/C13H16ClNO3S/c14-11-5-9(6-12-13(11)18-8-17-12)7-15-10-1-3-19(16)4-2-10/h5-6,10,15H,1-4,7-8H2. The van der Waals surface area contributed by atoms with Gasteiger partial charge in [-0.2, -0.15) is 0 Å². The molecule has 2 aliphatic rings.